The molecule has 3 aromatic rings. The average molecular weight is 416 g/mol. The van der Waals surface area contributed by atoms with Crippen molar-refractivity contribution in [3.63, 3.8) is 0 Å². The summed E-state index contributed by atoms with van der Waals surface area (Å²) in [4.78, 5) is 14.7. The van der Waals surface area contributed by atoms with Crippen LogP contribution in [-0.2, 0) is 16.7 Å². The molecule has 29 heavy (non-hydrogen) atoms. The number of oxazole rings is 1. The summed E-state index contributed by atoms with van der Waals surface area (Å²) >= 11 is 0. The molecule has 0 unspecified atom stereocenters. The number of fused-ring (bicyclic) bond motifs is 1. The summed E-state index contributed by atoms with van der Waals surface area (Å²) in [7, 11) is -3.55. The fourth-order valence-electron chi connectivity index (χ4n) is 4.16. The van der Waals surface area contributed by atoms with Crippen molar-refractivity contribution in [1.82, 2.24) is 13.8 Å². The molecule has 7 nitrogen and oxygen atoms in total. The first-order valence-electron chi connectivity index (χ1n) is 9.66. The number of aryl methyl sites for hydroxylation is 3. The predicted octanol–water partition coefficient (Wildman–Crippen LogP) is 2.48. The second-order valence-corrected chi connectivity index (χ2v) is 9.53. The number of sulfonamides is 1. The second kappa shape index (κ2) is 7.44. The molecule has 0 radical (unpaired) electrons. The second-order valence-electron chi connectivity index (χ2n) is 7.66. The van der Waals surface area contributed by atoms with Crippen LogP contribution >= 0.6 is 0 Å². The average Bonchev–Trinajstić information content (AvgIpc) is 2.96. The minimum absolute atomic E-state index is 0.381. The summed E-state index contributed by atoms with van der Waals surface area (Å²) in [6, 6.07) is 11.1. The topological polar surface area (TPSA) is 75.8 Å². The van der Waals surface area contributed by atoms with Gasteiger partial charge in [-0.05, 0) is 44.0 Å². The molecular formula is C21H25N3O4S. The van der Waals surface area contributed by atoms with E-state index in [4.69, 9.17) is 4.42 Å². The van der Waals surface area contributed by atoms with Crippen LogP contribution in [0.3, 0.4) is 0 Å². The van der Waals surface area contributed by atoms with E-state index in [1.54, 1.807) is 14.9 Å². The zero-order valence-corrected chi connectivity index (χ0v) is 17.7. The molecule has 0 atom stereocenters. The number of hydrogen-bond donors (Lipinski definition) is 0. The highest BCUT2D eigenvalue weighted by atomic mass is 32.2. The third-order valence-corrected chi connectivity index (χ3v) is 7.65. The van der Waals surface area contributed by atoms with E-state index in [9.17, 15) is 13.2 Å². The van der Waals surface area contributed by atoms with E-state index in [1.165, 1.54) is 0 Å². The Balaban J connectivity index is 1.51. The van der Waals surface area contributed by atoms with Crippen LogP contribution in [0.5, 0.6) is 0 Å². The number of aromatic nitrogens is 1. The van der Waals surface area contributed by atoms with E-state index in [2.05, 4.69) is 4.90 Å². The van der Waals surface area contributed by atoms with Crippen molar-refractivity contribution in [2.24, 2.45) is 0 Å². The summed E-state index contributed by atoms with van der Waals surface area (Å²) < 4.78 is 34.9. The zero-order chi connectivity index (χ0) is 20.8. The van der Waals surface area contributed by atoms with Gasteiger partial charge in [-0.15, -0.1) is 0 Å². The molecule has 1 aliphatic rings. The van der Waals surface area contributed by atoms with Crippen LogP contribution < -0.4 is 5.76 Å². The van der Waals surface area contributed by atoms with Crippen molar-refractivity contribution in [1.29, 1.82) is 0 Å². The number of nitrogens with zero attached hydrogens (tertiary/aromatic N) is 3. The first-order chi connectivity index (χ1) is 13.8. The molecule has 1 fully saturated rings. The van der Waals surface area contributed by atoms with Gasteiger partial charge in [-0.2, -0.15) is 4.31 Å². The van der Waals surface area contributed by atoms with E-state index in [0.717, 1.165) is 22.2 Å². The third-order valence-electron chi connectivity index (χ3n) is 5.45. The van der Waals surface area contributed by atoms with E-state index in [0.29, 0.717) is 43.3 Å². The van der Waals surface area contributed by atoms with Crippen molar-refractivity contribution < 1.29 is 12.8 Å². The van der Waals surface area contributed by atoms with Gasteiger partial charge in [0.05, 0.1) is 17.1 Å². The van der Waals surface area contributed by atoms with Crippen LogP contribution in [-0.4, -0.2) is 48.4 Å². The number of rotatable bonds is 4. The molecule has 2 aromatic carbocycles. The molecule has 0 aliphatic carbocycles. The fraction of sp³-hybridized carbons (Fsp3) is 0.381. The minimum Gasteiger partial charge on any atom is -0.408 e. The van der Waals surface area contributed by atoms with Crippen LogP contribution in [0.25, 0.3) is 11.1 Å². The maximum Gasteiger partial charge on any atom is 0.421 e. The van der Waals surface area contributed by atoms with Gasteiger partial charge in [0.2, 0.25) is 10.0 Å². The highest BCUT2D eigenvalue weighted by Crippen LogP contribution is 2.26. The van der Waals surface area contributed by atoms with Gasteiger partial charge in [-0.25, -0.2) is 13.2 Å². The monoisotopic (exact) mass is 415 g/mol. The first kappa shape index (κ1) is 19.9. The quantitative estimate of drug-likeness (QED) is 0.654. The molecule has 2 heterocycles. The SMILES string of the molecule is Cc1cc(C)c(S(=O)(=O)N2CCN(Cn3c(=O)oc4ccccc43)CC2)c(C)c1. The first-order valence-corrected chi connectivity index (χ1v) is 11.1. The van der Waals surface area contributed by atoms with Crippen LogP contribution in [0.4, 0.5) is 0 Å². The van der Waals surface area contributed by atoms with Crippen LogP contribution in [0.2, 0.25) is 0 Å². The molecular weight excluding hydrogens is 390 g/mol. The molecule has 0 N–H and O–H groups in total. The van der Waals surface area contributed by atoms with Crippen molar-refractivity contribution in [3.8, 4) is 0 Å². The van der Waals surface area contributed by atoms with Gasteiger partial charge in [-0.3, -0.25) is 9.47 Å². The van der Waals surface area contributed by atoms with Gasteiger partial charge in [0.15, 0.2) is 5.58 Å². The summed E-state index contributed by atoms with van der Waals surface area (Å²) in [6.45, 7) is 7.92. The van der Waals surface area contributed by atoms with Gasteiger partial charge in [-0.1, -0.05) is 29.8 Å². The maximum atomic E-state index is 13.2. The van der Waals surface area contributed by atoms with E-state index in [1.807, 2.05) is 51.1 Å². The van der Waals surface area contributed by atoms with E-state index in [-0.39, 0.29) is 0 Å². The largest absolute Gasteiger partial charge is 0.421 e. The smallest absolute Gasteiger partial charge is 0.408 e. The van der Waals surface area contributed by atoms with Crippen LogP contribution in [0.1, 0.15) is 16.7 Å². The molecule has 0 saturated carbocycles. The van der Waals surface area contributed by atoms with Crippen LogP contribution in [0, 0.1) is 20.8 Å². The van der Waals surface area contributed by atoms with Gasteiger partial charge in [0.25, 0.3) is 0 Å². The number of para-hydroxylation sites is 2. The number of hydrogen-bond acceptors (Lipinski definition) is 5. The van der Waals surface area contributed by atoms with Crippen LogP contribution in [0.15, 0.2) is 50.5 Å². The van der Waals surface area contributed by atoms with Crippen molar-refractivity contribution >= 4 is 21.1 Å². The molecule has 1 aromatic heterocycles. The third kappa shape index (κ3) is 3.63. The lowest BCUT2D eigenvalue weighted by atomic mass is 10.1. The Bertz CT molecular complexity index is 1200. The molecule has 8 heteroatoms. The minimum atomic E-state index is -3.55. The van der Waals surface area contributed by atoms with E-state index < -0.39 is 15.8 Å². The lowest BCUT2D eigenvalue weighted by molar-refractivity contribution is 0.150. The summed E-state index contributed by atoms with van der Waals surface area (Å²) in [5.74, 6) is -0.396. The van der Waals surface area contributed by atoms with Gasteiger partial charge in [0, 0.05) is 26.2 Å². The molecule has 4 rings (SSSR count). The fourth-order valence-corrected chi connectivity index (χ4v) is 6.00. The zero-order valence-electron chi connectivity index (χ0n) is 16.9. The van der Waals surface area contributed by atoms with Crippen molar-refractivity contribution in [2.75, 3.05) is 26.2 Å². The Kier molecular flexibility index (Phi) is 5.10. The molecule has 1 aliphatic heterocycles. The highest BCUT2D eigenvalue weighted by molar-refractivity contribution is 7.89. The molecule has 154 valence electrons. The van der Waals surface area contributed by atoms with Gasteiger partial charge in [0.1, 0.15) is 0 Å². The Labute approximate surface area is 170 Å². The predicted molar refractivity (Wildman–Crippen MR) is 111 cm³/mol. The standard InChI is InChI=1S/C21H25N3O4S/c1-15-12-16(2)20(17(3)13-15)29(26,27)23-10-8-22(9-11-23)14-24-18-6-4-5-7-19(18)28-21(24)25/h4-7,12-13H,8-11,14H2,1-3H3. The summed E-state index contributed by atoms with van der Waals surface area (Å²) in [5, 5.41) is 0. The van der Waals surface area contributed by atoms with Gasteiger partial charge < -0.3 is 4.42 Å². The molecule has 0 spiro atoms. The number of benzene rings is 2. The number of piperazine rings is 1. The van der Waals surface area contributed by atoms with Crippen molar-refractivity contribution in [2.45, 2.75) is 32.3 Å². The Morgan fingerprint density at radius 3 is 2.24 bits per heavy atom. The summed E-state index contributed by atoms with van der Waals surface area (Å²) in [5.41, 5.74) is 3.92. The molecule has 1 saturated heterocycles. The normalized spacial score (nSPS) is 16.5. The molecule has 0 amide bonds. The van der Waals surface area contributed by atoms with Crippen molar-refractivity contribution in [3.05, 3.63) is 63.6 Å². The van der Waals surface area contributed by atoms with Gasteiger partial charge >= 0.3 is 5.76 Å². The maximum absolute atomic E-state index is 13.2. The Hall–Kier alpha value is -2.42. The lowest BCUT2D eigenvalue weighted by Crippen LogP contribution is -2.49. The Morgan fingerprint density at radius 2 is 1.59 bits per heavy atom. The highest BCUT2D eigenvalue weighted by Gasteiger charge is 2.31. The summed E-state index contributed by atoms with van der Waals surface area (Å²) in [6.07, 6.45) is 0. The Morgan fingerprint density at radius 1 is 0.966 bits per heavy atom. The molecule has 0 bridgehead atoms. The lowest BCUT2D eigenvalue weighted by Gasteiger charge is -2.34. The van der Waals surface area contributed by atoms with E-state index >= 15 is 0 Å².